The van der Waals surface area contributed by atoms with Crippen LogP contribution in [0.25, 0.3) is 0 Å². The fourth-order valence-electron chi connectivity index (χ4n) is 3.37. The van der Waals surface area contributed by atoms with Crippen molar-refractivity contribution >= 4 is 5.91 Å². The lowest BCUT2D eigenvalue weighted by Gasteiger charge is -2.35. The van der Waals surface area contributed by atoms with E-state index < -0.39 is 0 Å². The van der Waals surface area contributed by atoms with E-state index in [9.17, 15) is 4.79 Å². The number of carbonyl (C=O) groups is 1. The minimum absolute atomic E-state index is 0.207. The van der Waals surface area contributed by atoms with Gasteiger partial charge in [0.15, 0.2) is 0 Å². The molecule has 1 aliphatic heterocycles. The third kappa shape index (κ3) is 2.49. The molecule has 1 atom stereocenters. The molecule has 4 nitrogen and oxygen atoms in total. The maximum atomic E-state index is 12.9. The molecular formula is C16H25N3O. The summed E-state index contributed by atoms with van der Waals surface area (Å²) in [5.41, 5.74) is 0.877. The van der Waals surface area contributed by atoms with Gasteiger partial charge in [-0.3, -0.25) is 4.79 Å². The number of piperidine rings is 1. The molecule has 1 saturated carbocycles. The number of nitrogens with one attached hydrogen (secondary N) is 1. The fraction of sp³-hybridized carbons (Fsp3) is 0.688. The van der Waals surface area contributed by atoms with Crippen molar-refractivity contribution in [3.8, 4) is 0 Å². The molecule has 2 aliphatic rings. The van der Waals surface area contributed by atoms with Gasteiger partial charge < -0.3 is 14.8 Å². The van der Waals surface area contributed by atoms with E-state index in [1.54, 1.807) is 0 Å². The van der Waals surface area contributed by atoms with Crippen LogP contribution in [0.4, 0.5) is 0 Å². The Hall–Kier alpha value is -1.29. The summed E-state index contributed by atoms with van der Waals surface area (Å²) in [4.78, 5) is 14.9. The molecule has 1 unspecified atom stereocenters. The normalized spacial score (nSPS) is 23.4. The number of aromatic nitrogens is 1. The number of hydrogen-bond acceptors (Lipinski definition) is 2. The summed E-state index contributed by atoms with van der Waals surface area (Å²) < 4.78 is 2.20. The molecule has 1 aliphatic carbocycles. The van der Waals surface area contributed by atoms with Crippen LogP contribution in [0.15, 0.2) is 18.3 Å². The topological polar surface area (TPSA) is 37.3 Å². The molecule has 3 rings (SSSR count). The number of rotatable bonds is 4. The molecule has 2 heterocycles. The number of carbonyl (C=O) groups excluding carboxylic acids is 1. The van der Waals surface area contributed by atoms with Crippen LogP contribution in [0.2, 0.25) is 0 Å². The quantitative estimate of drug-likeness (QED) is 0.916. The molecule has 0 spiro atoms. The first-order chi connectivity index (χ1) is 9.81. The van der Waals surface area contributed by atoms with E-state index in [1.807, 2.05) is 12.1 Å². The zero-order valence-electron chi connectivity index (χ0n) is 12.3. The van der Waals surface area contributed by atoms with Crippen molar-refractivity contribution < 1.29 is 4.79 Å². The molecule has 1 saturated heterocycles. The first-order valence-corrected chi connectivity index (χ1v) is 7.99. The van der Waals surface area contributed by atoms with Crippen LogP contribution in [-0.4, -0.2) is 41.1 Å². The molecule has 1 aromatic heterocycles. The van der Waals surface area contributed by atoms with E-state index in [0.717, 1.165) is 38.2 Å². The van der Waals surface area contributed by atoms with Crippen LogP contribution < -0.4 is 5.32 Å². The van der Waals surface area contributed by atoms with Crippen LogP contribution in [0.5, 0.6) is 0 Å². The summed E-state index contributed by atoms with van der Waals surface area (Å²) in [7, 11) is 0. The first-order valence-electron chi connectivity index (χ1n) is 7.99. The van der Waals surface area contributed by atoms with E-state index in [2.05, 4.69) is 27.9 Å². The first kappa shape index (κ1) is 13.7. The molecule has 1 aromatic rings. The van der Waals surface area contributed by atoms with Crippen LogP contribution >= 0.6 is 0 Å². The lowest BCUT2D eigenvalue weighted by atomic mass is 9.92. The molecular weight excluding hydrogens is 250 g/mol. The Morgan fingerprint density at radius 1 is 1.40 bits per heavy atom. The second-order valence-electron chi connectivity index (χ2n) is 5.98. The van der Waals surface area contributed by atoms with Crippen molar-refractivity contribution in [3.05, 3.63) is 24.0 Å². The Kier molecular flexibility index (Phi) is 4.10. The lowest BCUT2D eigenvalue weighted by Crippen LogP contribution is -2.49. The summed E-state index contributed by atoms with van der Waals surface area (Å²) in [6, 6.07) is 4.90. The number of hydrogen-bond donors (Lipinski definition) is 1. The Labute approximate surface area is 121 Å². The van der Waals surface area contributed by atoms with Crippen molar-refractivity contribution in [1.29, 1.82) is 0 Å². The summed E-state index contributed by atoms with van der Waals surface area (Å²) in [6.45, 7) is 4.90. The minimum atomic E-state index is 0.207. The van der Waals surface area contributed by atoms with Gasteiger partial charge >= 0.3 is 0 Å². The Morgan fingerprint density at radius 2 is 2.25 bits per heavy atom. The summed E-state index contributed by atoms with van der Waals surface area (Å²) in [6.07, 6.45) is 8.08. The van der Waals surface area contributed by atoms with Crippen molar-refractivity contribution in [3.63, 3.8) is 0 Å². The highest BCUT2D eigenvalue weighted by Gasteiger charge is 2.29. The van der Waals surface area contributed by atoms with Gasteiger partial charge in [-0.05, 0) is 57.7 Å². The molecule has 0 aromatic carbocycles. The third-order valence-corrected chi connectivity index (χ3v) is 4.78. The van der Waals surface area contributed by atoms with E-state index in [4.69, 9.17) is 0 Å². The molecule has 110 valence electrons. The smallest absolute Gasteiger partial charge is 0.270 e. The van der Waals surface area contributed by atoms with Gasteiger partial charge in [0.05, 0.1) is 0 Å². The molecule has 1 N–H and O–H groups in total. The monoisotopic (exact) mass is 275 g/mol. The van der Waals surface area contributed by atoms with Crippen molar-refractivity contribution in [2.75, 3.05) is 19.6 Å². The van der Waals surface area contributed by atoms with Gasteiger partial charge in [0.2, 0.25) is 0 Å². The number of likely N-dealkylation sites (N-methyl/N-ethyl adjacent to an activating group) is 1. The zero-order chi connectivity index (χ0) is 13.9. The van der Waals surface area contributed by atoms with Gasteiger partial charge in [-0.1, -0.05) is 0 Å². The number of amides is 1. The van der Waals surface area contributed by atoms with Crippen molar-refractivity contribution in [2.24, 2.45) is 0 Å². The van der Waals surface area contributed by atoms with Gasteiger partial charge in [0.25, 0.3) is 5.91 Å². The SMILES string of the molecule is CCN(C(=O)c1cccn1C1CCC1)C1CCCNC1. The molecule has 2 fully saturated rings. The highest BCUT2D eigenvalue weighted by atomic mass is 16.2. The van der Waals surface area contributed by atoms with Gasteiger partial charge in [0.1, 0.15) is 5.69 Å². The van der Waals surface area contributed by atoms with E-state index in [0.29, 0.717) is 12.1 Å². The molecule has 4 heteroatoms. The average Bonchev–Trinajstić information content (AvgIpc) is 2.88. The predicted octanol–water partition coefficient (Wildman–Crippen LogP) is 2.43. The average molecular weight is 275 g/mol. The summed E-state index contributed by atoms with van der Waals surface area (Å²) in [5.74, 6) is 0.207. The Bertz CT molecular complexity index is 458. The van der Waals surface area contributed by atoms with Gasteiger partial charge in [0, 0.05) is 31.4 Å². The second-order valence-corrected chi connectivity index (χ2v) is 5.98. The largest absolute Gasteiger partial charge is 0.340 e. The van der Waals surface area contributed by atoms with E-state index >= 15 is 0 Å². The lowest BCUT2D eigenvalue weighted by molar-refractivity contribution is 0.0645. The second kappa shape index (κ2) is 6.00. The highest BCUT2D eigenvalue weighted by Crippen LogP contribution is 2.33. The van der Waals surface area contributed by atoms with Crippen LogP contribution in [0.3, 0.4) is 0 Å². The van der Waals surface area contributed by atoms with E-state index in [-0.39, 0.29) is 5.91 Å². The zero-order valence-corrected chi connectivity index (χ0v) is 12.3. The van der Waals surface area contributed by atoms with E-state index in [1.165, 1.54) is 19.3 Å². The molecule has 0 radical (unpaired) electrons. The van der Waals surface area contributed by atoms with Gasteiger partial charge in [-0.15, -0.1) is 0 Å². The van der Waals surface area contributed by atoms with Gasteiger partial charge in [-0.25, -0.2) is 0 Å². The fourth-order valence-corrected chi connectivity index (χ4v) is 3.37. The molecule has 20 heavy (non-hydrogen) atoms. The van der Waals surface area contributed by atoms with Crippen LogP contribution in [0.1, 0.15) is 55.6 Å². The van der Waals surface area contributed by atoms with Crippen molar-refractivity contribution in [2.45, 2.75) is 51.1 Å². The highest BCUT2D eigenvalue weighted by molar-refractivity contribution is 5.93. The number of nitrogens with zero attached hydrogens (tertiary/aromatic N) is 2. The standard InChI is InChI=1S/C16H25N3O/c1-2-18(14-8-4-10-17-12-14)16(20)15-9-5-11-19(15)13-6-3-7-13/h5,9,11,13-14,17H,2-4,6-8,10,12H2,1H3. The minimum Gasteiger partial charge on any atom is -0.340 e. The van der Waals surface area contributed by atoms with Crippen LogP contribution in [-0.2, 0) is 0 Å². The summed E-state index contributed by atoms with van der Waals surface area (Å²) in [5, 5.41) is 3.41. The third-order valence-electron chi connectivity index (χ3n) is 4.78. The maximum Gasteiger partial charge on any atom is 0.270 e. The Morgan fingerprint density at radius 3 is 2.85 bits per heavy atom. The van der Waals surface area contributed by atoms with Gasteiger partial charge in [-0.2, -0.15) is 0 Å². The summed E-state index contributed by atoms with van der Waals surface area (Å²) >= 11 is 0. The molecule has 0 bridgehead atoms. The maximum absolute atomic E-state index is 12.9. The van der Waals surface area contributed by atoms with Crippen LogP contribution in [0, 0.1) is 0 Å². The predicted molar refractivity (Wildman–Crippen MR) is 79.9 cm³/mol. The van der Waals surface area contributed by atoms with Crippen molar-refractivity contribution in [1.82, 2.24) is 14.8 Å². The molecule has 1 amide bonds. The Balaban J connectivity index is 1.77.